The van der Waals surface area contributed by atoms with E-state index >= 15 is 0 Å². The fourth-order valence-electron chi connectivity index (χ4n) is 2.43. The molecule has 6 nitrogen and oxygen atoms in total. The van der Waals surface area contributed by atoms with Crippen molar-refractivity contribution in [1.29, 1.82) is 0 Å². The summed E-state index contributed by atoms with van der Waals surface area (Å²) in [6.07, 6.45) is 2.43. The lowest BCUT2D eigenvalue weighted by molar-refractivity contribution is 0.260. The molecule has 6 heteroatoms. The number of anilines is 2. The van der Waals surface area contributed by atoms with Crippen LogP contribution < -0.4 is 16.4 Å². The third kappa shape index (κ3) is 4.33. The first-order valence-corrected chi connectivity index (χ1v) is 6.92. The number of likely N-dealkylation sites (tertiary alicyclic amines) is 1. The van der Waals surface area contributed by atoms with E-state index < -0.39 is 0 Å². The lowest BCUT2D eigenvalue weighted by Crippen LogP contribution is -2.39. The highest BCUT2D eigenvalue weighted by atomic mass is 15.2. The van der Waals surface area contributed by atoms with Gasteiger partial charge >= 0.3 is 0 Å². The standard InChI is InChI=1S/C13H24N6/c1-10-16-12(15-6-5-14)8-13(17-10)18-11-4-3-7-19(2)9-11/h8,11H,3-7,9,14H2,1-2H3,(H2,15,16,17,18). The van der Waals surface area contributed by atoms with Crippen LogP contribution in [0.5, 0.6) is 0 Å². The Kier molecular flexibility index (Phi) is 4.93. The summed E-state index contributed by atoms with van der Waals surface area (Å²) in [7, 11) is 2.16. The highest BCUT2D eigenvalue weighted by molar-refractivity contribution is 5.48. The highest BCUT2D eigenvalue weighted by Gasteiger charge is 2.17. The number of hydrogen-bond acceptors (Lipinski definition) is 6. The van der Waals surface area contributed by atoms with Crippen molar-refractivity contribution in [3.63, 3.8) is 0 Å². The van der Waals surface area contributed by atoms with Gasteiger partial charge in [0.05, 0.1) is 0 Å². The molecular formula is C13H24N6. The Hall–Kier alpha value is -1.40. The number of aryl methyl sites for hydroxylation is 1. The third-order valence-electron chi connectivity index (χ3n) is 3.26. The molecule has 1 unspecified atom stereocenters. The van der Waals surface area contributed by atoms with Crippen molar-refractivity contribution in [2.24, 2.45) is 5.73 Å². The van der Waals surface area contributed by atoms with E-state index in [1.54, 1.807) is 0 Å². The van der Waals surface area contributed by atoms with Crippen LogP contribution in [-0.2, 0) is 0 Å². The smallest absolute Gasteiger partial charge is 0.132 e. The zero-order chi connectivity index (χ0) is 13.7. The Bertz CT molecular complexity index is 408. The number of nitrogens with two attached hydrogens (primary N) is 1. The second-order valence-corrected chi connectivity index (χ2v) is 5.15. The SMILES string of the molecule is Cc1nc(NCCN)cc(NC2CCCN(C)C2)n1. The number of piperidine rings is 1. The molecule has 1 aromatic heterocycles. The van der Waals surface area contributed by atoms with E-state index in [0.717, 1.165) is 30.5 Å². The number of rotatable bonds is 5. The molecule has 4 N–H and O–H groups in total. The van der Waals surface area contributed by atoms with Gasteiger partial charge in [-0.2, -0.15) is 0 Å². The van der Waals surface area contributed by atoms with E-state index in [9.17, 15) is 0 Å². The minimum atomic E-state index is 0.468. The Balaban J connectivity index is 2.00. The van der Waals surface area contributed by atoms with Gasteiger partial charge in [0.25, 0.3) is 0 Å². The van der Waals surface area contributed by atoms with Crippen LogP contribution in [0.1, 0.15) is 18.7 Å². The van der Waals surface area contributed by atoms with Crippen LogP contribution in [0.25, 0.3) is 0 Å². The van der Waals surface area contributed by atoms with Crippen LogP contribution in [0.15, 0.2) is 6.07 Å². The fraction of sp³-hybridized carbons (Fsp3) is 0.692. The van der Waals surface area contributed by atoms with Crippen LogP contribution in [-0.4, -0.2) is 54.1 Å². The van der Waals surface area contributed by atoms with Crippen molar-refractivity contribution < 1.29 is 0 Å². The lowest BCUT2D eigenvalue weighted by atomic mass is 10.1. The van der Waals surface area contributed by atoms with Gasteiger partial charge in [-0.1, -0.05) is 0 Å². The molecule has 0 aliphatic carbocycles. The molecular weight excluding hydrogens is 240 g/mol. The summed E-state index contributed by atoms with van der Waals surface area (Å²) in [4.78, 5) is 11.2. The fourth-order valence-corrected chi connectivity index (χ4v) is 2.43. The summed E-state index contributed by atoms with van der Waals surface area (Å²) in [5.74, 6) is 2.51. The van der Waals surface area contributed by atoms with Crippen molar-refractivity contribution in [2.45, 2.75) is 25.8 Å². The van der Waals surface area contributed by atoms with Crippen molar-refractivity contribution in [2.75, 3.05) is 43.9 Å². The number of hydrogen-bond donors (Lipinski definition) is 3. The van der Waals surface area contributed by atoms with Crippen LogP contribution in [0, 0.1) is 6.92 Å². The molecule has 1 atom stereocenters. The molecule has 0 bridgehead atoms. The van der Waals surface area contributed by atoms with Gasteiger partial charge in [-0.3, -0.25) is 0 Å². The maximum absolute atomic E-state index is 5.49. The van der Waals surface area contributed by atoms with Gasteiger partial charge in [-0.25, -0.2) is 9.97 Å². The monoisotopic (exact) mass is 264 g/mol. The number of likely N-dealkylation sites (N-methyl/N-ethyl adjacent to an activating group) is 1. The van der Waals surface area contributed by atoms with Gasteiger partial charge in [-0.15, -0.1) is 0 Å². The zero-order valence-corrected chi connectivity index (χ0v) is 11.8. The molecule has 1 saturated heterocycles. The second-order valence-electron chi connectivity index (χ2n) is 5.15. The molecule has 106 valence electrons. The first kappa shape index (κ1) is 14.0. The first-order valence-electron chi connectivity index (χ1n) is 6.92. The van der Waals surface area contributed by atoms with Crippen molar-refractivity contribution in [3.05, 3.63) is 11.9 Å². The predicted molar refractivity (Wildman–Crippen MR) is 78.5 cm³/mol. The summed E-state index contributed by atoms with van der Waals surface area (Å²) in [5.41, 5.74) is 5.49. The quantitative estimate of drug-likeness (QED) is 0.725. The molecule has 1 aliphatic rings. The second kappa shape index (κ2) is 6.68. The maximum atomic E-state index is 5.49. The zero-order valence-electron chi connectivity index (χ0n) is 11.8. The highest BCUT2D eigenvalue weighted by Crippen LogP contribution is 2.16. The topological polar surface area (TPSA) is 79.1 Å². The van der Waals surface area contributed by atoms with Crippen LogP contribution in [0.3, 0.4) is 0 Å². The summed E-state index contributed by atoms with van der Waals surface area (Å²) < 4.78 is 0. The van der Waals surface area contributed by atoms with E-state index in [4.69, 9.17) is 5.73 Å². The molecule has 2 heterocycles. The molecule has 1 fully saturated rings. The van der Waals surface area contributed by atoms with Gasteiger partial charge in [-0.05, 0) is 33.4 Å². The van der Waals surface area contributed by atoms with Crippen LogP contribution >= 0.6 is 0 Å². The normalized spacial score (nSPS) is 20.3. The largest absolute Gasteiger partial charge is 0.369 e. The maximum Gasteiger partial charge on any atom is 0.132 e. The summed E-state index contributed by atoms with van der Waals surface area (Å²) in [6.45, 7) is 5.48. The van der Waals surface area contributed by atoms with Gasteiger partial charge in [0.15, 0.2) is 0 Å². The van der Waals surface area contributed by atoms with Crippen LogP contribution in [0.2, 0.25) is 0 Å². The summed E-state index contributed by atoms with van der Waals surface area (Å²) >= 11 is 0. The Labute approximate surface area is 114 Å². The summed E-state index contributed by atoms with van der Waals surface area (Å²) in [6, 6.07) is 2.42. The van der Waals surface area contributed by atoms with E-state index in [1.807, 2.05) is 13.0 Å². The summed E-state index contributed by atoms with van der Waals surface area (Å²) in [5, 5.41) is 6.70. The molecule has 0 spiro atoms. The Morgan fingerprint density at radius 2 is 2.21 bits per heavy atom. The Morgan fingerprint density at radius 3 is 2.95 bits per heavy atom. The minimum Gasteiger partial charge on any atom is -0.369 e. The van der Waals surface area contributed by atoms with Gasteiger partial charge in [0.1, 0.15) is 17.5 Å². The average Bonchev–Trinajstić information content (AvgIpc) is 2.35. The van der Waals surface area contributed by atoms with Crippen molar-refractivity contribution >= 4 is 11.6 Å². The molecule has 2 rings (SSSR count). The van der Waals surface area contributed by atoms with Gasteiger partial charge in [0, 0.05) is 31.7 Å². The number of nitrogens with one attached hydrogen (secondary N) is 2. The van der Waals surface area contributed by atoms with Gasteiger partial charge < -0.3 is 21.3 Å². The Morgan fingerprint density at radius 1 is 1.42 bits per heavy atom. The first-order chi connectivity index (χ1) is 9.17. The molecule has 0 radical (unpaired) electrons. The molecule has 1 aromatic rings. The van der Waals surface area contributed by atoms with Crippen molar-refractivity contribution in [1.82, 2.24) is 14.9 Å². The average molecular weight is 264 g/mol. The van der Waals surface area contributed by atoms with E-state index in [1.165, 1.54) is 19.4 Å². The van der Waals surface area contributed by atoms with E-state index in [-0.39, 0.29) is 0 Å². The van der Waals surface area contributed by atoms with E-state index in [0.29, 0.717) is 12.6 Å². The molecule has 0 aromatic carbocycles. The molecule has 1 aliphatic heterocycles. The van der Waals surface area contributed by atoms with E-state index in [2.05, 4.69) is 32.5 Å². The van der Waals surface area contributed by atoms with Crippen LogP contribution in [0.4, 0.5) is 11.6 Å². The molecule has 19 heavy (non-hydrogen) atoms. The molecule has 0 amide bonds. The lowest BCUT2D eigenvalue weighted by Gasteiger charge is -2.30. The predicted octanol–water partition coefficient (Wildman–Crippen LogP) is 0.662. The minimum absolute atomic E-state index is 0.468. The number of aromatic nitrogens is 2. The third-order valence-corrected chi connectivity index (χ3v) is 3.26. The van der Waals surface area contributed by atoms with Gasteiger partial charge in [0.2, 0.25) is 0 Å². The van der Waals surface area contributed by atoms with Crippen molar-refractivity contribution in [3.8, 4) is 0 Å². The number of nitrogens with zero attached hydrogens (tertiary/aromatic N) is 3. The molecule has 0 saturated carbocycles.